The van der Waals surface area contributed by atoms with E-state index in [-0.39, 0.29) is 24.3 Å². The Morgan fingerprint density at radius 2 is 1.74 bits per heavy atom. The molecule has 0 radical (unpaired) electrons. The minimum Gasteiger partial charge on any atom is -0.497 e. The van der Waals surface area contributed by atoms with Gasteiger partial charge in [-0.1, -0.05) is 49.4 Å². The molecule has 1 unspecified atom stereocenters. The van der Waals surface area contributed by atoms with Crippen LogP contribution in [0.1, 0.15) is 46.4 Å². The number of benzene rings is 3. The summed E-state index contributed by atoms with van der Waals surface area (Å²) in [6.07, 6.45) is 1.12. The molecule has 0 saturated carbocycles. The van der Waals surface area contributed by atoms with E-state index >= 15 is 0 Å². The third kappa shape index (κ3) is 4.45. The Hall–Kier alpha value is -3.60. The number of fused-ring (bicyclic) bond motifs is 1. The summed E-state index contributed by atoms with van der Waals surface area (Å²) in [7, 11) is 1.62. The monoisotopic (exact) mass is 414 g/mol. The SMILES string of the molecule is CCc1ccc(NC(=O)CC(c2ccc(OC)cc2)N2Cc3ccccc3C2=O)cc1. The summed E-state index contributed by atoms with van der Waals surface area (Å²) in [5, 5.41) is 2.97. The molecule has 1 N–H and O–H groups in total. The van der Waals surface area contributed by atoms with E-state index in [1.54, 1.807) is 12.0 Å². The van der Waals surface area contributed by atoms with Gasteiger partial charge in [0.1, 0.15) is 5.75 Å². The molecule has 4 rings (SSSR count). The average Bonchev–Trinajstić information content (AvgIpc) is 3.14. The number of carbonyl (C=O) groups excluding carboxylic acids is 2. The van der Waals surface area contributed by atoms with Gasteiger partial charge in [0.2, 0.25) is 5.91 Å². The number of nitrogens with one attached hydrogen (secondary N) is 1. The summed E-state index contributed by atoms with van der Waals surface area (Å²) in [5.74, 6) is 0.560. The van der Waals surface area contributed by atoms with Crippen molar-refractivity contribution in [2.75, 3.05) is 12.4 Å². The number of hydrogen-bond acceptors (Lipinski definition) is 3. The van der Waals surface area contributed by atoms with Gasteiger partial charge in [-0.2, -0.15) is 0 Å². The summed E-state index contributed by atoms with van der Waals surface area (Å²) in [4.78, 5) is 27.8. The Bertz CT molecular complexity index is 1070. The molecule has 3 aromatic carbocycles. The van der Waals surface area contributed by atoms with Crippen LogP contribution in [0.2, 0.25) is 0 Å². The third-order valence-electron chi connectivity index (χ3n) is 5.75. The van der Waals surface area contributed by atoms with E-state index in [2.05, 4.69) is 12.2 Å². The van der Waals surface area contributed by atoms with Gasteiger partial charge in [0.05, 0.1) is 19.6 Å². The molecule has 0 aromatic heterocycles. The third-order valence-corrected chi connectivity index (χ3v) is 5.75. The molecule has 5 heteroatoms. The van der Waals surface area contributed by atoms with Crippen molar-refractivity contribution < 1.29 is 14.3 Å². The first-order chi connectivity index (χ1) is 15.1. The zero-order valence-electron chi connectivity index (χ0n) is 17.8. The van der Waals surface area contributed by atoms with E-state index in [1.165, 1.54) is 5.56 Å². The first-order valence-corrected chi connectivity index (χ1v) is 10.5. The Labute approximate surface area is 182 Å². The normalized spacial score (nSPS) is 13.6. The highest BCUT2D eigenvalue weighted by atomic mass is 16.5. The Kier molecular flexibility index (Phi) is 6.03. The van der Waals surface area contributed by atoms with E-state index in [1.807, 2.05) is 72.8 Å². The van der Waals surface area contributed by atoms with E-state index in [0.717, 1.165) is 29.0 Å². The Morgan fingerprint density at radius 3 is 2.39 bits per heavy atom. The highest BCUT2D eigenvalue weighted by molar-refractivity contribution is 5.99. The van der Waals surface area contributed by atoms with Crippen LogP contribution in [0.3, 0.4) is 0 Å². The minimum atomic E-state index is -0.374. The van der Waals surface area contributed by atoms with Gasteiger partial charge in [-0.25, -0.2) is 0 Å². The van der Waals surface area contributed by atoms with Gasteiger partial charge in [-0.3, -0.25) is 9.59 Å². The van der Waals surface area contributed by atoms with E-state index in [0.29, 0.717) is 12.1 Å². The van der Waals surface area contributed by atoms with Crippen LogP contribution in [0.15, 0.2) is 72.8 Å². The molecule has 5 nitrogen and oxygen atoms in total. The smallest absolute Gasteiger partial charge is 0.255 e. The lowest BCUT2D eigenvalue weighted by molar-refractivity contribution is -0.117. The van der Waals surface area contributed by atoms with Crippen molar-refractivity contribution in [3.8, 4) is 5.75 Å². The van der Waals surface area contributed by atoms with E-state index in [4.69, 9.17) is 4.74 Å². The summed E-state index contributed by atoms with van der Waals surface area (Å²) in [6.45, 7) is 2.59. The number of hydrogen-bond donors (Lipinski definition) is 1. The largest absolute Gasteiger partial charge is 0.497 e. The number of rotatable bonds is 7. The molecule has 0 aliphatic carbocycles. The minimum absolute atomic E-state index is 0.0449. The van der Waals surface area contributed by atoms with Gasteiger partial charge in [0.15, 0.2) is 0 Å². The number of aryl methyl sites for hydroxylation is 1. The first kappa shape index (κ1) is 20.7. The Balaban J connectivity index is 1.57. The number of amides is 2. The highest BCUT2D eigenvalue weighted by Gasteiger charge is 2.34. The molecule has 0 bridgehead atoms. The van der Waals surface area contributed by atoms with Gasteiger partial charge in [-0.15, -0.1) is 0 Å². The van der Waals surface area contributed by atoms with Crippen LogP contribution in [0, 0.1) is 0 Å². The predicted molar refractivity (Wildman–Crippen MR) is 121 cm³/mol. The molecule has 1 atom stereocenters. The van der Waals surface area contributed by atoms with Crippen molar-refractivity contribution in [3.05, 3.63) is 95.1 Å². The molecule has 2 amide bonds. The number of ether oxygens (including phenoxy) is 1. The molecule has 3 aromatic rings. The van der Waals surface area contributed by atoms with Crippen molar-refractivity contribution in [3.63, 3.8) is 0 Å². The van der Waals surface area contributed by atoms with Crippen molar-refractivity contribution in [2.24, 2.45) is 0 Å². The lowest BCUT2D eigenvalue weighted by atomic mass is 10.0. The second kappa shape index (κ2) is 9.04. The van der Waals surface area contributed by atoms with Crippen molar-refractivity contribution in [2.45, 2.75) is 32.4 Å². The quantitative estimate of drug-likeness (QED) is 0.593. The fraction of sp³-hybridized carbons (Fsp3) is 0.231. The second-order valence-corrected chi connectivity index (χ2v) is 7.68. The fourth-order valence-electron chi connectivity index (χ4n) is 3.97. The van der Waals surface area contributed by atoms with Crippen LogP contribution < -0.4 is 10.1 Å². The van der Waals surface area contributed by atoms with Crippen LogP contribution in [0.4, 0.5) is 5.69 Å². The van der Waals surface area contributed by atoms with Crippen LogP contribution in [0.25, 0.3) is 0 Å². The molecule has 1 heterocycles. The lowest BCUT2D eigenvalue weighted by Gasteiger charge is -2.28. The highest BCUT2D eigenvalue weighted by Crippen LogP contribution is 2.34. The summed E-state index contributed by atoms with van der Waals surface area (Å²) >= 11 is 0. The molecule has 0 spiro atoms. The maximum atomic E-state index is 13.1. The van der Waals surface area contributed by atoms with Gasteiger partial charge >= 0.3 is 0 Å². The molecular formula is C26H26N2O3. The fourth-order valence-corrected chi connectivity index (χ4v) is 3.97. The van der Waals surface area contributed by atoms with E-state index in [9.17, 15) is 9.59 Å². The molecule has 31 heavy (non-hydrogen) atoms. The zero-order chi connectivity index (χ0) is 21.8. The molecule has 0 saturated heterocycles. The zero-order valence-corrected chi connectivity index (χ0v) is 17.8. The topological polar surface area (TPSA) is 58.6 Å². The van der Waals surface area contributed by atoms with Crippen molar-refractivity contribution >= 4 is 17.5 Å². The molecule has 0 fully saturated rings. The van der Waals surface area contributed by atoms with Crippen LogP contribution >= 0.6 is 0 Å². The number of anilines is 1. The van der Waals surface area contributed by atoms with E-state index < -0.39 is 0 Å². The molecule has 1 aliphatic heterocycles. The summed E-state index contributed by atoms with van der Waals surface area (Å²) in [6, 6.07) is 22.6. The number of methoxy groups -OCH3 is 1. The van der Waals surface area contributed by atoms with Crippen molar-refractivity contribution in [1.29, 1.82) is 0 Å². The van der Waals surface area contributed by atoms with Gasteiger partial charge in [0, 0.05) is 17.8 Å². The molecule has 1 aliphatic rings. The van der Waals surface area contributed by atoms with Gasteiger partial charge < -0.3 is 15.0 Å². The molecular weight excluding hydrogens is 388 g/mol. The van der Waals surface area contributed by atoms with Crippen LogP contribution in [-0.4, -0.2) is 23.8 Å². The van der Waals surface area contributed by atoms with Gasteiger partial charge in [-0.05, 0) is 53.4 Å². The molecule has 158 valence electrons. The maximum absolute atomic E-state index is 13.1. The lowest BCUT2D eigenvalue weighted by Crippen LogP contribution is -2.32. The van der Waals surface area contributed by atoms with Crippen LogP contribution in [-0.2, 0) is 17.8 Å². The van der Waals surface area contributed by atoms with Crippen LogP contribution in [0.5, 0.6) is 5.75 Å². The second-order valence-electron chi connectivity index (χ2n) is 7.68. The predicted octanol–water partition coefficient (Wildman–Crippen LogP) is 4.98. The maximum Gasteiger partial charge on any atom is 0.255 e. The Morgan fingerprint density at radius 1 is 1.03 bits per heavy atom. The first-order valence-electron chi connectivity index (χ1n) is 10.5. The van der Waals surface area contributed by atoms with Gasteiger partial charge in [0.25, 0.3) is 5.91 Å². The van der Waals surface area contributed by atoms with Crippen molar-refractivity contribution in [1.82, 2.24) is 4.90 Å². The standard InChI is InChI=1S/C26H26N2O3/c1-3-18-8-12-21(13-9-18)27-25(29)16-24(19-10-14-22(31-2)15-11-19)28-17-20-6-4-5-7-23(20)26(28)30/h4-15,24H,3,16-17H2,1-2H3,(H,27,29). The number of nitrogens with zero attached hydrogens (tertiary/aromatic N) is 1. The number of carbonyl (C=O) groups is 2. The average molecular weight is 415 g/mol. The summed E-state index contributed by atoms with van der Waals surface area (Å²) in [5.41, 5.74) is 4.57. The summed E-state index contributed by atoms with van der Waals surface area (Å²) < 4.78 is 5.27.